The first-order chi connectivity index (χ1) is 8.28. The molecule has 2 aromatic rings. The predicted molar refractivity (Wildman–Crippen MR) is 63.8 cm³/mol. The summed E-state index contributed by atoms with van der Waals surface area (Å²) in [4.78, 5) is 6.29. The van der Waals surface area contributed by atoms with Crippen LogP contribution in [0.1, 0.15) is 17.3 Å². The highest BCUT2D eigenvalue weighted by atomic mass is 16.5. The molecule has 0 amide bonds. The Balaban J connectivity index is 1.91. The predicted octanol–water partition coefficient (Wildman–Crippen LogP) is 1.16. The van der Waals surface area contributed by atoms with Gasteiger partial charge in [-0.3, -0.25) is 4.90 Å². The summed E-state index contributed by atoms with van der Waals surface area (Å²) >= 11 is 0. The van der Waals surface area contributed by atoms with Crippen LogP contribution in [-0.2, 0) is 19.6 Å². The molecule has 0 saturated carbocycles. The van der Waals surface area contributed by atoms with Gasteiger partial charge >= 0.3 is 0 Å². The van der Waals surface area contributed by atoms with Gasteiger partial charge in [-0.25, -0.2) is 0 Å². The number of hydrogen-bond acceptors (Lipinski definition) is 5. The number of nitrogens with two attached hydrogens (primary N) is 1. The quantitative estimate of drug-likeness (QED) is 0.837. The van der Waals surface area contributed by atoms with Gasteiger partial charge < -0.3 is 10.3 Å². The molecule has 1 aromatic carbocycles. The molecule has 2 N–H and O–H groups in total. The van der Waals surface area contributed by atoms with Crippen LogP contribution in [-0.4, -0.2) is 22.1 Å². The molecule has 5 heteroatoms. The zero-order chi connectivity index (χ0) is 12.1. The molecular weight excluding hydrogens is 216 g/mol. The summed E-state index contributed by atoms with van der Waals surface area (Å²) in [5.41, 5.74) is 6.67. The fourth-order valence-electron chi connectivity index (χ4n) is 1.63. The molecule has 0 aliphatic heterocycles. The van der Waals surface area contributed by atoms with E-state index in [9.17, 15) is 0 Å². The molecule has 0 saturated heterocycles. The second kappa shape index (κ2) is 5.56. The van der Waals surface area contributed by atoms with Crippen molar-refractivity contribution in [3.05, 3.63) is 47.6 Å². The Bertz CT molecular complexity index is 455. The maximum absolute atomic E-state index is 5.41. The summed E-state index contributed by atoms with van der Waals surface area (Å²) in [6.07, 6.45) is 0. The molecule has 0 spiro atoms. The van der Waals surface area contributed by atoms with Crippen LogP contribution in [0.25, 0.3) is 0 Å². The molecule has 0 fully saturated rings. The average Bonchev–Trinajstić information content (AvgIpc) is 2.78. The average molecular weight is 232 g/mol. The highest BCUT2D eigenvalue weighted by molar-refractivity contribution is 5.14. The molecule has 0 aliphatic carbocycles. The zero-order valence-corrected chi connectivity index (χ0v) is 9.84. The summed E-state index contributed by atoms with van der Waals surface area (Å²) in [5.74, 6) is 1.15. The molecule has 0 radical (unpaired) electrons. The van der Waals surface area contributed by atoms with Crippen LogP contribution in [0, 0.1) is 0 Å². The second-order valence-electron chi connectivity index (χ2n) is 3.97. The van der Waals surface area contributed by atoms with Crippen LogP contribution < -0.4 is 5.73 Å². The molecule has 0 unspecified atom stereocenters. The van der Waals surface area contributed by atoms with Crippen LogP contribution in [0.15, 0.2) is 34.9 Å². The highest BCUT2D eigenvalue weighted by Gasteiger charge is 2.07. The van der Waals surface area contributed by atoms with Crippen molar-refractivity contribution >= 4 is 0 Å². The van der Waals surface area contributed by atoms with E-state index in [1.54, 1.807) is 0 Å². The van der Waals surface area contributed by atoms with Gasteiger partial charge in [0.05, 0.1) is 13.1 Å². The molecule has 17 heavy (non-hydrogen) atoms. The Labute approximate surface area is 100 Å². The van der Waals surface area contributed by atoms with Crippen LogP contribution >= 0.6 is 0 Å². The van der Waals surface area contributed by atoms with E-state index in [0.29, 0.717) is 18.3 Å². The third-order valence-electron chi connectivity index (χ3n) is 2.39. The number of rotatable bonds is 5. The van der Waals surface area contributed by atoms with E-state index in [1.165, 1.54) is 5.56 Å². The van der Waals surface area contributed by atoms with Crippen molar-refractivity contribution in [2.75, 3.05) is 7.05 Å². The Morgan fingerprint density at radius 2 is 2.00 bits per heavy atom. The van der Waals surface area contributed by atoms with Crippen molar-refractivity contribution in [2.24, 2.45) is 5.73 Å². The van der Waals surface area contributed by atoms with Gasteiger partial charge in [0.15, 0.2) is 5.82 Å². The Hall–Kier alpha value is -1.72. The lowest BCUT2D eigenvalue weighted by molar-refractivity contribution is 0.300. The summed E-state index contributed by atoms with van der Waals surface area (Å²) < 4.78 is 4.95. The topological polar surface area (TPSA) is 68.2 Å². The van der Waals surface area contributed by atoms with Crippen molar-refractivity contribution in [2.45, 2.75) is 19.6 Å². The van der Waals surface area contributed by atoms with Crippen LogP contribution in [0.4, 0.5) is 0 Å². The molecule has 5 nitrogen and oxygen atoms in total. The summed E-state index contributed by atoms with van der Waals surface area (Å²) in [6, 6.07) is 10.3. The van der Waals surface area contributed by atoms with Gasteiger partial charge in [0, 0.05) is 6.54 Å². The summed E-state index contributed by atoms with van der Waals surface area (Å²) in [6.45, 7) is 1.79. The monoisotopic (exact) mass is 232 g/mol. The Morgan fingerprint density at radius 3 is 2.65 bits per heavy atom. The van der Waals surface area contributed by atoms with Gasteiger partial charge in [-0.05, 0) is 12.6 Å². The first-order valence-electron chi connectivity index (χ1n) is 5.52. The van der Waals surface area contributed by atoms with Crippen molar-refractivity contribution in [1.82, 2.24) is 15.0 Å². The molecule has 90 valence electrons. The molecule has 1 heterocycles. The minimum atomic E-state index is 0.287. The third kappa shape index (κ3) is 3.37. The molecule has 0 aliphatic rings. The number of aromatic nitrogens is 2. The normalized spacial score (nSPS) is 11.0. The molecule has 2 rings (SSSR count). The molecule has 0 atom stereocenters. The van der Waals surface area contributed by atoms with Crippen molar-refractivity contribution in [1.29, 1.82) is 0 Å². The third-order valence-corrected chi connectivity index (χ3v) is 2.39. The lowest BCUT2D eigenvalue weighted by Crippen LogP contribution is -2.18. The van der Waals surface area contributed by atoms with Crippen molar-refractivity contribution < 1.29 is 4.52 Å². The van der Waals surface area contributed by atoms with Crippen LogP contribution in [0.3, 0.4) is 0 Å². The number of benzene rings is 1. The van der Waals surface area contributed by atoms with E-state index in [1.807, 2.05) is 25.2 Å². The molecular formula is C12H16N4O. The lowest BCUT2D eigenvalue weighted by atomic mass is 10.2. The van der Waals surface area contributed by atoms with Crippen molar-refractivity contribution in [3.63, 3.8) is 0 Å². The van der Waals surface area contributed by atoms with E-state index in [2.05, 4.69) is 27.2 Å². The largest absolute Gasteiger partial charge is 0.338 e. The number of nitrogens with zero attached hydrogens (tertiary/aromatic N) is 3. The van der Waals surface area contributed by atoms with Gasteiger partial charge in [0.25, 0.3) is 0 Å². The SMILES string of the molecule is CN(Cc1ccccc1)Cc1noc(CN)n1. The van der Waals surface area contributed by atoms with Gasteiger partial charge in [-0.1, -0.05) is 35.5 Å². The van der Waals surface area contributed by atoms with E-state index < -0.39 is 0 Å². The first kappa shape index (κ1) is 11.8. The summed E-state index contributed by atoms with van der Waals surface area (Å²) in [7, 11) is 2.02. The highest BCUT2D eigenvalue weighted by Crippen LogP contribution is 2.06. The van der Waals surface area contributed by atoms with Gasteiger partial charge in [-0.15, -0.1) is 0 Å². The second-order valence-corrected chi connectivity index (χ2v) is 3.97. The maximum atomic E-state index is 5.41. The standard InChI is InChI=1S/C12H16N4O/c1-16(8-10-5-3-2-4-6-10)9-11-14-12(7-13)17-15-11/h2-6H,7-9,13H2,1H3. The van der Waals surface area contributed by atoms with Crippen molar-refractivity contribution in [3.8, 4) is 0 Å². The fraction of sp³-hybridized carbons (Fsp3) is 0.333. The first-order valence-corrected chi connectivity index (χ1v) is 5.52. The zero-order valence-electron chi connectivity index (χ0n) is 9.84. The van der Waals surface area contributed by atoms with E-state index in [-0.39, 0.29) is 6.54 Å². The molecule has 1 aromatic heterocycles. The Morgan fingerprint density at radius 1 is 1.24 bits per heavy atom. The van der Waals surface area contributed by atoms with Gasteiger partial charge in [0.1, 0.15) is 0 Å². The maximum Gasteiger partial charge on any atom is 0.240 e. The van der Waals surface area contributed by atoms with Gasteiger partial charge in [0.2, 0.25) is 5.89 Å². The van der Waals surface area contributed by atoms with Crippen LogP contribution in [0.2, 0.25) is 0 Å². The van der Waals surface area contributed by atoms with E-state index >= 15 is 0 Å². The van der Waals surface area contributed by atoms with E-state index in [4.69, 9.17) is 10.3 Å². The minimum Gasteiger partial charge on any atom is -0.338 e. The fourth-order valence-corrected chi connectivity index (χ4v) is 1.63. The number of hydrogen-bond donors (Lipinski definition) is 1. The lowest BCUT2D eigenvalue weighted by Gasteiger charge is -2.13. The van der Waals surface area contributed by atoms with Gasteiger partial charge in [-0.2, -0.15) is 4.98 Å². The molecule has 0 bridgehead atoms. The minimum absolute atomic E-state index is 0.287. The summed E-state index contributed by atoms with van der Waals surface area (Å²) in [5, 5.41) is 3.86. The Kier molecular flexibility index (Phi) is 3.85. The van der Waals surface area contributed by atoms with E-state index in [0.717, 1.165) is 6.54 Å². The smallest absolute Gasteiger partial charge is 0.240 e. The van der Waals surface area contributed by atoms with Crippen LogP contribution in [0.5, 0.6) is 0 Å².